The van der Waals surface area contributed by atoms with Crippen molar-refractivity contribution in [3.8, 4) is 0 Å². The second kappa shape index (κ2) is 4.28. The van der Waals surface area contributed by atoms with Crippen molar-refractivity contribution in [2.45, 2.75) is 6.92 Å². The third-order valence-corrected chi connectivity index (χ3v) is 3.17. The smallest absolute Gasteiger partial charge is 0.167 e. The van der Waals surface area contributed by atoms with Crippen molar-refractivity contribution in [1.29, 1.82) is 0 Å². The van der Waals surface area contributed by atoms with Crippen LogP contribution in [0.1, 0.15) is 6.92 Å². The van der Waals surface area contributed by atoms with Crippen molar-refractivity contribution in [2.75, 3.05) is 16.9 Å². The van der Waals surface area contributed by atoms with Gasteiger partial charge < -0.3 is 5.32 Å². The lowest BCUT2D eigenvalue weighted by molar-refractivity contribution is 0.599. The SMILES string of the molecule is CCS(=O)(=O)CNc1ccccc1. The second-order valence-corrected chi connectivity index (χ2v) is 5.07. The third-order valence-electron chi connectivity index (χ3n) is 1.71. The minimum Gasteiger partial charge on any atom is -0.372 e. The molecule has 0 saturated carbocycles. The van der Waals surface area contributed by atoms with E-state index in [9.17, 15) is 8.42 Å². The second-order valence-electron chi connectivity index (χ2n) is 2.72. The lowest BCUT2D eigenvalue weighted by Gasteiger charge is -2.04. The topological polar surface area (TPSA) is 46.2 Å². The zero-order chi connectivity index (χ0) is 9.73. The van der Waals surface area contributed by atoms with Crippen LogP contribution in [0, 0.1) is 0 Å². The lowest BCUT2D eigenvalue weighted by Crippen LogP contribution is -2.15. The molecule has 0 aliphatic carbocycles. The van der Waals surface area contributed by atoms with Crippen LogP contribution in [0.15, 0.2) is 30.3 Å². The van der Waals surface area contributed by atoms with Crippen LogP contribution in [0.3, 0.4) is 0 Å². The van der Waals surface area contributed by atoms with Crippen LogP contribution >= 0.6 is 0 Å². The summed E-state index contributed by atoms with van der Waals surface area (Å²) in [4.78, 5) is 0. The lowest BCUT2D eigenvalue weighted by atomic mass is 10.3. The summed E-state index contributed by atoms with van der Waals surface area (Å²) >= 11 is 0. The Labute approximate surface area is 78.7 Å². The molecular weight excluding hydrogens is 186 g/mol. The predicted octanol–water partition coefficient (Wildman–Crippen LogP) is 1.49. The summed E-state index contributed by atoms with van der Waals surface area (Å²) in [6, 6.07) is 9.29. The molecule has 1 N–H and O–H groups in total. The highest BCUT2D eigenvalue weighted by atomic mass is 32.2. The molecule has 0 amide bonds. The van der Waals surface area contributed by atoms with E-state index in [4.69, 9.17) is 0 Å². The molecule has 0 atom stereocenters. The molecule has 1 aromatic rings. The number of benzene rings is 1. The average Bonchev–Trinajstić information content (AvgIpc) is 2.17. The van der Waals surface area contributed by atoms with E-state index < -0.39 is 9.84 Å². The fourth-order valence-corrected chi connectivity index (χ4v) is 1.44. The number of hydrogen-bond acceptors (Lipinski definition) is 3. The van der Waals surface area contributed by atoms with Crippen LogP contribution in [0.2, 0.25) is 0 Å². The Morgan fingerprint density at radius 1 is 1.23 bits per heavy atom. The van der Waals surface area contributed by atoms with Crippen molar-refractivity contribution in [3.05, 3.63) is 30.3 Å². The fourth-order valence-electron chi connectivity index (χ4n) is 0.851. The van der Waals surface area contributed by atoms with Crippen molar-refractivity contribution >= 4 is 15.5 Å². The Kier molecular flexibility index (Phi) is 3.31. The molecule has 0 unspecified atom stereocenters. The summed E-state index contributed by atoms with van der Waals surface area (Å²) in [5.74, 6) is 0.181. The first-order valence-electron chi connectivity index (χ1n) is 4.13. The molecule has 1 rings (SSSR count). The van der Waals surface area contributed by atoms with Gasteiger partial charge in [0.15, 0.2) is 9.84 Å². The minimum absolute atomic E-state index is 0.00745. The van der Waals surface area contributed by atoms with E-state index in [2.05, 4.69) is 5.32 Å². The van der Waals surface area contributed by atoms with Crippen molar-refractivity contribution in [2.24, 2.45) is 0 Å². The van der Waals surface area contributed by atoms with Crippen LogP contribution in [0.5, 0.6) is 0 Å². The number of hydrogen-bond donors (Lipinski definition) is 1. The molecule has 0 aromatic heterocycles. The van der Waals surface area contributed by atoms with Gasteiger partial charge >= 0.3 is 0 Å². The fraction of sp³-hybridized carbons (Fsp3) is 0.333. The number of nitrogens with one attached hydrogen (secondary N) is 1. The highest BCUT2D eigenvalue weighted by molar-refractivity contribution is 7.91. The molecule has 13 heavy (non-hydrogen) atoms. The van der Waals surface area contributed by atoms with Gasteiger partial charge in [-0.25, -0.2) is 8.42 Å². The number of para-hydroxylation sites is 1. The van der Waals surface area contributed by atoms with E-state index in [1.54, 1.807) is 6.92 Å². The van der Waals surface area contributed by atoms with Crippen molar-refractivity contribution < 1.29 is 8.42 Å². The van der Waals surface area contributed by atoms with Gasteiger partial charge in [-0.2, -0.15) is 0 Å². The third kappa shape index (κ3) is 3.46. The van der Waals surface area contributed by atoms with Crippen molar-refractivity contribution in [3.63, 3.8) is 0 Å². The van der Waals surface area contributed by atoms with E-state index >= 15 is 0 Å². The molecule has 0 fully saturated rings. The normalized spacial score (nSPS) is 11.2. The predicted molar refractivity (Wildman–Crippen MR) is 54.4 cm³/mol. The number of anilines is 1. The van der Waals surface area contributed by atoms with Gasteiger partial charge in [-0.3, -0.25) is 0 Å². The van der Waals surface area contributed by atoms with E-state index in [0.717, 1.165) is 5.69 Å². The first kappa shape index (κ1) is 10.1. The Morgan fingerprint density at radius 2 is 1.85 bits per heavy atom. The van der Waals surface area contributed by atoms with Crippen molar-refractivity contribution in [1.82, 2.24) is 0 Å². The average molecular weight is 199 g/mol. The molecule has 0 aliphatic rings. The summed E-state index contributed by atoms with van der Waals surface area (Å²) in [5.41, 5.74) is 0.833. The molecular formula is C9H13NO2S. The first-order valence-corrected chi connectivity index (χ1v) is 5.95. The molecule has 0 saturated heterocycles. The molecule has 0 heterocycles. The highest BCUT2D eigenvalue weighted by Gasteiger charge is 2.05. The van der Waals surface area contributed by atoms with Gasteiger partial charge in [0.1, 0.15) is 5.88 Å². The maximum atomic E-state index is 11.1. The Balaban J connectivity index is 2.54. The molecule has 0 spiro atoms. The van der Waals surface area contributed by atoms with Crippen LogP contribution in [0.4, 0.5) is 5.69 Å². The molecule has 3 nitrogen and oxygen atoms in total. The maximum Gasteiger partial charge on any atom is 0.167 e. The van der Waals surface area contributed by atoms with Gasteiger partial charge in [-0.1, -0.05) is 25.1 Å². The number of rotatable bonds is 4. The van der Waals surface area contributed by atoms with E-state index in [1.807, 2.05) is 30.3 Å². The monoisotopic (exact) mass is 199 g/mol. The Hall–Kier alpha value is -1.03. The zero-order valence-electron chi connectivity index (χ0n) is 7.53. The molecule has 72 valence electrons. The molecule has 0 bridgehead atoms. The molecule has 4 heteroatoms. The van der Waals surface area contributed by atoms with Crippen LogP contribution in [-0.4, -0.2) is 20.0 Å². The first-order chi connectivity index (χ1) is 6.14. The summed E-state index contributed by atoms with van der Waals surface area (Å²) in [5, 5.41) is 2.85. The number of sulfone groups is 1. The van der Waals surface area contributed by atoms with Gasteiger partial charge in [0.25, 0.3) is 0 Å². The van der Waals surface area contributed by atoms with Crippen LogP contribution in [-0.2, 0) is 9.84 Å². The Bertz CT molecular complexity index is 345. The summed E-state index contributed by atoms with van der Waals surface area (Å²) < 4.78 is 22.2. The molecule has 0 aliphatic heterocycles. The summed E-state index contributed by atoms with van der Waals surface area (Å²) in [7, 11) is -2.93. The van der Waals surface area contributed by atoms with Gasteiger partial charge in [0.2, 0.25) is 0 Å². The van der Waals surface area contributed by atoms with Gasteiger partial charge in [0, 0.05) is 11.4 Å². The molecule has 0 radical (unpaired) electrons. The largest absolute Gasteiger partial charge is 0.372 e. The van der Waals surface area contributed by atoms with E-state index in [1.165, 1.54) is 0 Å². The summed E-state index contributed by atoms with van der Waals surface area (Å²) in [6.45, 7) is 1.64. The van der Waals surface area contributed by atoms with Gasteiger partial charge in [0.05, 0.1) is 0 Å². The van der Waals surface area contributed by atoms with E-state index in [-0.39, 0.29) is 11.6 Å². The van der Waals surface area contributed by atoms with Crippen LogP contribution < -0.4 is 5.32 Å². The van der Waals surface area contributed by atoms with Gasteiger partial charge in [-0.05, 0) is 12.1 Å². The highest BCUT2D eigenvalue weighted by Crippen LogP contribution is 2.05. The summed E-state index contributed by atoms with van der Waals surface area (Å²) in [6.07, 6.45) is 0. The maximum absolute atomic E-state index is 11.1. The van der Waals surface area contributed by atoms with Gasteiger partial charge in [-0.15, -0.1) is 0 Å². The zero-order valence-corrected chi connectivity index (χ0v) is 8.34. The quantitative estimate of drug-likeness (QED) is 0.799. The standard InChI is InChI=1S/C9H13NO2S/c1-2-13(11,12)8-10-9-6-4-3-5-7-9/h3-7,10H,2,8H2,1H3. The molecule has 1 aromatic carbocycles. The van der Waals surface area contributed by atoms with E-state index in [0.29, 0.717) is 0 Å². The van der Waals surface area contributed by atoms with Crippen LogP contribution in [0.25, 0.3) is 0 Å². The Morgan fingerprint density at radius 3 is 2.38 bits per heavy atom. The minimum atomic E-state index is -2.93.